The van der Waals surface area contributed by atoms with Gasteiger partial charge in [0.05, 0.1) is 24.4 Å². The van der Waals surface area contributed by atoms with Crippen molar-refractivity contribution in [3.05, 3.63) is 0 Å². The second kappa shape index (κ2) is 4.23. The first-order valence-electron chi connectivity index (χ1n) is 5.55. The third-order valence-corrected chi connectivity index (χ3v) is 3.28. The van der Waals surface area contributed by atoms with E-state index in [2.05, 4.69) is 4.74 Å². The average molecular weight is 226 g/mol. The molecule has 0 unspecified atom stereocenters. The van der Waals surface area contributed by atoms with Crippen LogP contribution < -0.4 is 0 Å². The summed E-state index contributed by atoms with van der Waals surface area (Å²) >= 11 is 0. The minimum absolute atomic E-state index is 0.264. The Morgan fingerprint density at radius 1 is 1.31 bits per heavy atom. The molecule has 0 aromatic carbocycles. The van der Waals surface area contributed by atoms with Crippen LogP contribution in [-0.2, 0) is 23.9 Å². The van der Waals surface area contributed by atoms with Gasteiger partial charge in [0, 0.05) is 0 Å². The van der Waals surface area contributed by atoms with E-state index in [0.29, 0.717) is 25.9 Å². The molecule has 88 valence electrons. The molecular weight excluding hydrogens is 212 g/mol. The summed E-state index contributed by atoms with van der Waals surface area (Å²) in [5.41, 5.74) is 0. The fourth-order valence-electron chi connectivity index (χ4n) is 2.44. The molecule has 1 saturated carbocycles. The number of carbonyl (C=O) groups excluding carboxylic acids is 3. The lowest BCUT2D eigenvalue weighted by Gasteiger charge is -2.25. The van der Waals surface area contributed by atoms with Gasteiger partial charge in [-0.1, -0.05) is 0 Å². The zero-order chi connectivity index (χ0) is 11.7. The van der Waals surface area contributed by atoms with Crippen LogP contribution in [0.5, 0.6) is 0 Å². The van der Waals surface area contributed by atoms with Crippen LogP contribution in [0.1, 0.15) is 26.2 Å². The number of hydrogen-bond acceptors (Lipinski definition) is 5. The Bertz CT molecular complexity index is 335. The van der Waals surface area contributed by atoms with Crippen LogP contribution in [0, 0.1) is 17.8 Å². The Labute approximate surface area is 93.1 Å². The summed E-state index contributed by atoms with van der Waals surface area (Å²) in [6.07, 6.45) is 1.52. The standard InChI is InChI=1S/C11H14O5/c1-2-15-9(12)6-3-4-7-8(5-6)11(14)16-10(7)13/h6-8H,2-5H2,1H3/t6-,7+,8-/m0/s1. The summed E-state index contributed by atoms with van der Waals surface area (Å²) < 4.78 is 9.48. The second-order valence-electron chi connectivity index (χ2n) is 4.22. The van der Waals surface area contributed by atoms with E-state index in [1.54, 1.807) is 6.92 Å². The number of ether oxygens (including phenoxy) is 2. The van der Waals surface area contributed by atoms with E-state index in [1.807, 2.05) is 0 Å². The van der Waals surface area contributed by atoms with Gasteiger partial charge in [0.1, 0.15) is 0 Å². The summed E-state index contributed by atoms with van der Waals surface area (Å²) in [6, 6.07) is 0. The van der Waals surface area contributed by atoms with Crippen LogP contribution in [0.25, 0.3) is 0 Å². The van der Waals surface area contributed by atoms with Gasteiger partial charge in [0.25, 0.3) is 0 Å². The summed E-state index contributed by atoms with van der Waals surface area (Å²) in [5, 5.41) is 0. The molecule has 1 aliphatic carbocycles. The Hall–Kier alpha value is -1.39. The highest BCUT2D eigenvalue weighted by Gasteiger charge is 2.49. The van der Waals surface area contributed by atoms with Crippen molar-refractivity contribution in [1.82, 2.24) is 0 Å². The summed E-state index contributed by atoms with van der Waals surface area (Å²) in [6.45, 7) is 2.09. The number of cyclic esters (lactones) is 2. The maximum atomic E-state index is 11.5. The van der Waals surface area contributed by atoms with Crippen molar-refractivity contribution in [3.8, 4) is 0 Å². The van der Waals surface area contributed by atoms with Crippen molar-refractivity contribution >= 4 is 17.9 Å². The van der Waals surface area contributed by atoms with Gasteiger partial charge in [-0.3, -0.25) is 14.4 Å². The number of esters is 3. The predicted molar refractivity (Wildman–Crippen MR) is 52.1 cm³/mol. The Kier molecular flexibility index (Phi) is 2.94. The van der Waals surface area contributed by atoms with Gasteiger partial charge in [-0.15, -0.1) is 0 Å². The summed E-state index contributed by atoms with van der Waals surface area (Å²) in [5.74, 6) is -2.22. The molecule has 0 amide bonds. The van der Waals surface area contributed by atoms with Crippen molar-refractivity contribution in [1.29, 1.82) is 0 Å². The van der Waals surface area contributed by atoms with Crippen molar-refractivity contribution in [2.75, 3.05) is 6.61 Å². The molecule has 0 bridgehead atoms. The minimum Gasteiger partial charge on any atom is -0.466 e. The number of hydrogen-bond donors (Lipinski definition) is 0. The Morgan fingerprint density at radius 2 is 2.00 bits per heavy atom. The molecule has 2 fully saturated rings. The van der Waals surface area contributed by atoms with Crippen LogP contribution in [0.15, 0.2) is 0 Å². The number of fused-ring (bicyclic) bond motifs is 1. The van der Waals surface area contributed by atoms with Gasteiger partial charge < -0.3 is 9.47 Å². The Morgan fingerprint density at radius 3 is 2.69 bits per heavy atom. The second-order valence-corrected chi connectivity index (χ2v) is 4.22. The monoisotopic (exact) mass is 226 g/mol. The molecule has 2 aliphatic rings. The van der Waals surface area contributed by atoms with E-state index >= 15 is 0 Å². The fraction of sp³-hybridized carbons (Fsp3) is 0.727. The highest BCUT2D eigenvalue weighted by Crippen LogP contribution is 2.39. The molecule has 0 spiro atoms. The molecule has 0 aromatic heterocycles. The normalized spacial score (nSPS) is 33.2. The molecular formula is C11H14O5. The maximum absolute atomic E-state index is 11.5. The smallest absolute Gasteiger partial charge is 0.317 e. The highest BCUT2D eigenvalue weighted by atomic mass is 16.6. The van der Waals surface area contributed by atoms with Crippen LogP contribution in [0.3, 0.4) is 0 Å². The van der Waals surface area contributed by atoms with Gasteiger partial charge >= 0.3 is 17.9 Å². The molecule has 1 heterocycles. The topological polar surface area (TPSA) is 69.7 Å². The third-order valence-electron chi connectivity index (χ3n) is 3.28. The van der Waals surface area contributed by atoms with Crippen LogP contribution in [0.2, 0.25) is 0 Å². The van der Waals surface area contributed by atoms with Gasteiger partial charge in [0.2, 0.25) is 0 Å². The minimum atomic E-state index is -0.482. The molecule has 5 heteroatoms. The molecule has 0 N–H and O–H groups in total. The molecule has 5 nitrogen and oxygen atoms in total. The molecule has 1 saturated heterocycles. The van der Waals surface area contributed by atoms with Crippen molar-refractivity contribution in [2.24, 2.45) is 17.8 Å². The first-order valence-corrected chi connectivity index (χ1v) is 5.55. The van der Waals surface area contributed by atoms with Crippen molar-refractivity contribution < 1.29 is 23.9 Å². The van der Waals surface area contributed by atoms with Gasteiger partial charge in [-0.05, 0) is 26.2 Å². The quantitative estimate of drug-likeness (QED) is 0.511. The predicted octanol–water partition coefficient (Wildman–Crippen LogP) is 0.665. The van der Waals surface area contributed by atoms with Gasteiger partial charge in [0.15, 0.2) is 0 Å². The molecule has 0 aromatic rings. The first-order chi connectivity index (χ1) is 7.63. The Balaban J connectivity index is 2.02. The van der Waals surface area contributed by atoms with E-state index < -0.39 is 17.9 Å². The van der Waals surface area contributed by atoms with Crippen molar-refractivity contribution in [2.45, 2.75) is 26.2 Å². The van der Waals surface area contributed by atoms with Crippen molar-refractivity contribution in [3.63, 3.8) is 0 Å². The van der Waals surface area contributed by atoms with E-state index in [9.17, 15) is 14.4 Å². The first kappa shape index (κ1) is 11.1. The molecule has 0 radical (unpaired) electrons. The van der Waals surface area contributed by atoms with E-state index in [-0.39, 0.29) is 17.8 Å². The lowest BCUT2D eigenvalue weighted by molar-refractivity contribution is -0.153. The third kappa shape index (κ3) is 1.81. The number of carbonyl (C=O) groups is 3. The van der Waals surface area contributed by atoms with Crippen LogP contribution >= 0.6 is 0 Å². The average Bonchev–Trinajstić information content (AvgIpc) is 2.55. The molecule has 3 atom stereocenters. The van der Waals surface area contributed by atoms with E-state index in [1.165, 1.54) is 0 Å². The summed E-state index contributed by atoms with van der Waals surface area (Å²) in [4.78, 5) is 34.1. The van der Waals surface area contributed by atoms with Crippen LogP contribution in [0.4, 0.5) is 0 Å². The van der Waals surface area contributed by atoms with Gasteiger partial charge in [-0.2, -0.15) is 0 Å². The zero-order valence-corrected chi connectivity index (χ0v) is 9.10. The number of rotatable bonds is 2. The summed E-state index contributed by atoms with van der Waals surface area (Å²) in [7, 11) is 0. The fourth-order valence-corrected chi connectivity index (χ4v) is 2.44. The maximum Gasteiger partial charge on any atom is 0.317 e. The van der Waals surface area contributed by atoms with E-state index in [0.717, 1.165) is 0 Å². The van der Waals surface area contributed by atoms with Crippen LogP contribution in [-0.4, -0.2) is 24.5 Å². The largest absolute Gasteiger partial charge is 0.466 e. The molecule has 1 aliphatic heterocycles. The SMILES string of the molecule is CCOC(=O)[C@H]1CC[C@H]2C(=O)OC(=O)[C@H]2C1. The molecule has 16 heavy (non-hydrogen) atoms. The zero-order valence-electron chi connectivity index (χ0n) is 9.10. The van der Waals surface area contributed by atoms with E-state index in [4.69, 9.17) is 4.74 Å². The lowest BCUT2D eigenvalue weighted by Crippen LogP contribution is -2.31. The lowest BCUT2D eigenvalue weighted by atomic mass is 9.75. The van der Waals surface area contributed by atoms with Gasteiger partial charge in [-0.25, -0.2) is 0 Å². The highest BCUT2D eigenvalue weighted by molar-refractivity contribution is 5.97. The molecule has 2 rings (SSSR count).